The SMILES string of the molecule is CN(C)C[C@@H](NC(=O)c1cn(-c2ccccc2)nc1-c1cccnc1)c1ccccc1. The first kappa shape index (κ1) is 20.5. The Morgan fingerprint density at radius 1 is 1.00 bits per heavy atom. The van der Waals surface area contributed by atoms with Crippen LogP contribution < -0.4 is 5.32 Å². The molecule has 0 aliphatic heterocycles. The number of carbonyl (C=O) groups excluding carboxylic acids is 1. The predicted molar refractivity (Wildman–Crippen MR) is 122 cm³/mol. The molecule has 0 spiro atoms. The topological polar surface area (TPSA) is 63.1 Å². The molecule has 1 amide bonds. The molecule has 4 rings (SSSR count). The van der Waals surface area contributed by atoms with Gasteiger partial charge in [0.25, 0.3) is 5.91 Å². The van der Waals surface area contributed by atoms with E-state index in [1.807, 2.05) is 86.9 Å². The van der Waals surface area contributed by atoms with Crippen molar-refractivity contribution in [2.45, 2.75) is 6.04 Å². The summed E-state index contributed by atoms with van der Waals surface area (Å²) in [5.74, 6) is -0.170. The fraction of sp³-hybridized carbons (Fsp3) is 0.160. The standard InChI is InChI=1S/C25H25N5O/c1-29(2)18-23(19-10-5-3-6-11-19)27-25(31)22-17-30(21-13-7-4-8-14-21)28-24(22)20-12-9-15-26-16-20/h3-17,23H,18H2,1-2H3,(H,27,31)/t23-/m1/s1. The molecule has 0 aliphatic rings. The van der Waals surface area contributed by atoms with Crippen molar-refractivity contribution in [2.24, 2.45) is 0 Å². The average Bonchev–Trinajstić information content (AvgIpc) is 3.26. The molecule has 31 heavy (non-hydrogen) atoms. The predicted octanol–water partition coefficient (Wildman–Crippen LogP) is 3.97. The summed E-state index contributed by atoms with van der Waals surface area (Å²) in [6.07, 6.45) is 5.22. The molecule has 6 nitrogen and oxygen atoms in total. The molecule has 0 unspecified atom stereocenters. The lowest BCUT2D eigenvalue weighted by molar-refractivity contribution is 0.0930. The van der Waals surface area contributed by atoms with Crippen LogP contribution in [-0.4, -0.2) is 46.2 Å². The second kappa shape index (κ2) is 9.36. The highest BCUT2D eigenvalue weighted by molar-refractivity contribution is 6.00. The zero-order chi connectivity index (χ0) is 21.6. The van der Waals surface area contributed by atoms with E-state index in [9.17, 15) is 4.79 Å². The van der Waals surface area contributed by atoms with E-state index < -0.39 is 0 Å². The molecule has 156 valence electrons. The van der Waals surface area contributed by atoms with Gasteiger partial charge in [-0.2, -0.15) is 5.10 Å². The van der Waals surface area contributed by atoms with Gasteiger partial charge in [0.15, 0.2) is 0 Å². The van der Waals surface area contributed by atoms with E-state index in [-0.39, 0.29) is 11.9 Å². The van der Waals surface area contributed by atoms with Crippen LogP contribution in [0.4, 0.5) is 0 Å². The third-order valence-corrected chi connectivity index (χ3v) is 4.97. The van der Waals surface area contributed by atoms with Crippen LogP contribution in [0.2, 0.25) is 0 Å². The van der Waals surface area contributed by atoms with Crippen LogP contribution in [0.15, 0.2) is 91.4 Å². The molecular weight excluding hydrogens is 386 g/mol. The molecule has 4 aromatic rings. The minimum atomic E-state index is -0.170. The van der Waals surface area contributed by atoms with Crippen LogP contribution in [0.1, 0.15) is 22.0 Å². The van der Waals surface area contributed by atoms with Crippen molar-refractivity contribution < 1.29 is 4.79 Å². The van der Waals surface area contributed by atoms with Crippen LogP contribution >= 0.6 is 0 Å². The van der Waals surface area contributed by atoms with E-state index in [0.717, 1.165) is 16.8 Å². The maximum absolute atomic E-state index is 13.4. The van der Waals surface area contributed by atoms with Crippen LogP contribution in [0, 0.1) is 0 Å². The van der Waals surface area contributed by atoms with Gasteiger partial charge in [-0.1, -0.05) is 48.5 Å². The van der Waals surface area contributed by atoms with Crippen LogP contribution in [0.3, 0.4) is 0 Å². The first-order valence-electron chi connectivity index (χ1n) is 10.2. The Kier molecular flexibility index (Phi) is 6.19. The van der Waals surface area contributed by atoms with Gasteiger partial charge in [0.05, 0.1) is 17.3 Å². The van der Waals surface area contributed by atoms with Gasteiger partial charge in [0.2, 0.25) is 0 Å². The first-order chi connectivity index (χ1) is 15.1. The zero-order valence-electron chi connectivity index (χ0n) is 17.6. The number of amides is 1. The molecule has 0 fully saturated rings. The van der Waals surface area contributed by atoms with Crippen molar-refractivity contribution in [3.05, 3.63) is 103 Å². The van der Waals surface area contributed by atoms with Gasteiger partial charge in [-0.15, -0.1) is 0 Å². The summed E-state index contributed by atoms with van der Waals surface area (Å²) in [6, 6.07) is 23.4. The minimum Gasteiger partial charge on any atom is -0.344 e. The summed E-state index contributed by atoms with van der Waals surface area (Å²) in [4.78, 5) is 19.7. The summed E-state index contributed by atoms with van der Waals surface area (Å²) in [7, 11) is 3.99. The Morgan fingerprint density at radius 3 is 2.35 bits per heavy atom. The molecule has 0 aliphatic carbocycles. The quantitative estimate of drug-likeness (QED) is 0.500. The van der Waals surface area contributed by atoms with E-state index in [0.29, 0.717) is 17.8 Å². The number of pyridine rings is 1. The molecule has 0 radical (unpaired) electrons. The molecule has 2 heterocycles. The smallest absolute Gasteiger partial charge is 0.255 e. The molecule has 1 N–H and O–H groups in total. The number of rotatable bonds is 7. The fourth-order valence-corrected chi connectivity index (χ4v) is 3.49. The second-order valence-electron chi connectivity index (χ2n) is 7.61. The van der Waals surface area contributed by atoms with E-state index in [1.165, 1.54) is 0 Å². The Balaban J connectivity index is 1.71. The van der Waals surface area contributed by atoms with Gasteiger partial charge in [-0.05, 0) is 43.9 Å². The van der Waals surface area contributed by atoms with Gasteiger partial charge in [0.1, 0.15) is 5.69 Å². The van der Waals surface area contributed by atoms with Crippen molar-refractivity contribution in [2.75, 3.05) is 20.6 Å². The van der Waals surface area contributed by atoms with E-state index >= 15 is 0 Å². The summed E-state index contributed by atoms with van der Waals surface area (Å²) in [5, 5.41) is 7.92. The Morgan fingerprint density at radius 2 is 1.71 bits per heavy atom. The number of hydrogen-bond acceptors (Lipinski definition) is 4. The van der Waals surface area contributed by atoms with Gasteiger partial charge >= 0.3 is 0 Å². The van der Waals surface area contributed by atoms with Gasteiger partial charge in [0, 0.05) is 30.7 Å². The van der Waals surface area contributed by atoms with Crippen molar-refractivity contribution in [1.29, 1.82) is 0 Å². The molecule has 0 bridgehead atoms. The number of para-hydroxylation sites is 1. The molecule has 6 heteroatoms. The van der Waals surface area contributed by atoms with Crippen LogP contribution in [0.5, 0.6) is 0 Å². The number of hydrogen-bond donors (Lipinski definition) is 1. The van der Waals surface area contributed by atoms with Gasteiger partial charge in [-0.3, -0.25) is 9.78 Å². The summed E-state index contributed by atoms with van der Waals surface area (Å²) in [6.45, 7) is 0.685. The molecule has 1 atom stereocenters. The van der Waals surface area contributed by atoms with E-state index in [4.69, 9.17) is 5.10 Å². The van der Waals surface area contributed by atoms with Crippen molar-refractivity contribution in [3.8, 4) is 16.9 Å². The van der Waals surface area contributed by atoms with Crippen LogP contribution in [-0.2, 0) is 0 Å². The number of carbonyl (C=O) groups is 1. The second-order valence-corrected chi connectivity index (χ2v) is 7.61. The van der Waals surface area contributed by atoms with E-state index in [2.05, 4.69) is 15.2 Å². The summed E-state index contributed by atoms with van der Waals surface area (Å²) < 4.78 is 1.74. The Bertz CT molecular complexity index is 1120. The highest BCUT2D eigenvalue weighted by Crippen LogP contribution is 2.24. The average molecular weight is 412 g/mol. The number of nitrogens with one attached hydrogen (secondary N) is 1. The highest BCUT2D eigenvalue weighted by atomic mass is 16.1. The Labute approximate surface area is 182 Å². The minimum absolute atomic E-state index is 0.148. The number of benzene rings is 2. The lowest BCUT2D eigenvalue weighted by Crippen LogP contribution is -2.35. The molecule has 0 saturated heterocycles. The third-order valence-electron chi connectivity index (χ3n) is 4.97. The monoisotopic (exact) mass is 411 g/mol. The lowest BCUT2D eigenvalue weighted by atomic mass is 10.0. The van der Waals surface area contributed by atoms with Crippen LogP contribution in [0.25, 0.3) is 16.9 Å². The summed E-state index contributed by atoms with van der Waals surface area (Å²) >= 11 is 0. The number of nitrogens with zero attached hydrogens (tertiary/aromatic N) is 4. The summed E-state index contributed by atoms with van der Waals surface area (Å²) in [5.41, 5.74) is 3.86. The number of aromatic nitrogens is 3. The fourth-order valence-electron chi connectivity index (χ4n) is 3.49. The molecule has 2 aromatic carbocycles. The number of likely N-dealkylation sites (N-methyl/N-ethyl adjacent to an activating group) is 1. The van der Waals surface area contributed by atoms with Crippen molar-refractivity contribution >= 4 is 5.91 Å². The van der Waals surface area contributed by atoms with Crippen molar-refractivity contribution in [1.82, 2.24) is 25.0 Å². The van der Waals surface area contributed by atoms with Gasteiger partial charge in [-0.25, -0.2) is 4.68 Å². The molecule has 0 saturated carbocycles. The first-order valence-corrected chi connectivity index (χ1v) is 10.2. The zero-order valence-corrected chi connectivity index (χ0v) is 17.6. The maximum atomic E-state index is 13.4. The van der Waals surface area contributed by atoms with Gasteiger partial charge < -0.3 is 10.2 Å². The lowest BCUT2D eigenvalue weighted by Gasteiger charge is -2.22. The van der Waals surface area contributed by atoms with E-state index in [1.54, 1.807) is 23.3 Å². The molecule has 2 aromatic heterocycles. The third kappa shape index (κ3) is 4.87. The van der Waals surface area contributed by atoms with Crippen molar-refractivity contribution in [3.63, 3.8) is 0 Å². The molecular formula is C25H25N5O. The largest absolute Gasteiger partial charge is 0.344 e. The normalized spacial score (nSPS) is 12.0. The Hall–Kier alpha value is -3.77. The maximum Gasteiger partial charge on any atom is 0.255 e. The highest BCUT2D eigenvalue weighted by Gasteiger charge is 2.22.